The molecule has 76 valence electrons. The largest absolute Gasteiger partial charge is 0.254 e. The van der Waals surface area contributed by atoms with Crippen LogP contribution < -0.4 is 0 Å². The van der Waals surface area contributed by atoms with Gasteiger partial charge in [0.15, 0.2) is 0 Å². The van der Waals surface area contributed by atoms with Gasteiger partial charge < -0.3 is 0 Å². The van der Waals surface area contributed by atoms with Crippen LogP contribution in [0.25, 0.3) is 10.9 Å². The lowest BCUT2D eigenvalue weighted by Crippen LogP contribution is -1.78. The Morgan fingerprint density at radius 3 is 2.33 bits per heavy atom. The summed E-state index contributed by atoms with van der Waals surface area (Å²) in [7, 11) is 0. The van der Waals surface area contributed by atoms with E-state index in [2.05, 4.69) is 15.3 Å². The van der Waals surface area contributed by atoms with Crippen molar-refractivity contribution in [2.24, 2.45) is 10.4 Å². The Morgan fingerprint density at radius 2 is 1.67 bits per heavy atom. The molecule has 0 atom stereocenters. The van der Waals surface area contributed by atoms with Gasteiger partial charge in [0.1, 0.15) is 16.9 Å². The maximum atomic E-state index is 10.4. The number of aromatic nitrogens is 1. The van der Waals surface area contributed by atoms with E-state index in [4.69, 9.17) is 0 Å². The molecule has 5 nitrogen and oxygen atoms in total. The summed E-state index contributed by atoms with van der Waals surface area (Å²) in [6, 6.07) is 6.23. The molecule has 0 bridgehead atoms. The summed E-state index contributed by atoms with van der Waals surface area (Å²) >= 11 is 0. The Kier molecular flexibility index (Phi) is 3.41. The van der Waals surface area contributed by atoms with Crippen molar-refractivity contribution in [3.63, 3.8) is 0 Å². The first-order valence-electron chi connectivity index (χ1n) is 3.91. The second-order valence-corrected chi connectivity index (χ2v) is 2.69. The van der Waals surface area contributed by atoms with Crippen LogP contribution in [0, 0.1) is 9.81 Å². The number of fused-ring (bicyclic) bond motifs is 1. The van der Waals surface area contributed by atoms with Crippen molar-refractivity contribution in [2.45, 2.75) is 0 Å². The monoisotopic (exact) mass is 223 g/mol. The first-order chi connectivity index (χ1) is 6.86. The SMILES string of the molecule is Cl.O=Nc1ccc(N=O)c2ncccc12. The van der Waals surface area contributed by atoms with Gasteiger partial charge in [-0.2, -0.15) is 0 Å². The average molecular weight is 224 g/mol. The molecular weight excluding hydrogens is 218 g/mol. The Morgan fingerprint density at radius 1 is 1.00 bits per heavy atom. The van der Waals surface area contributed by atoms with Gasteiger partial charge in [-0.15, -0.1) is 22.2 Å². The van der Waals surface area contributed by atoms with Gasteiger partial charge in [-0.25, -0.2) is 0 Å². The third-order valence-corrected chi connectivity index (χ3v) is 1.92. The molecule has 2 rings (SSSR count). The summed E-state index contributed by atoms with van der Waals surface area (Å²) in [5.41, 5.74) is 0.883. The maximum Gasteiger partial charge on any atom is 0.134 e. The third kappa shape index (κ3) is 1.82. The molecule has 15 heavy (non-hydrogen) atoms. The zero-order valence-corrected chi connectivity index (χ0v) is 8.27. The Hall–Kier alpha value is -1.88. The molecule has 1 heterocycles. The predicted octanol–water partition coefficient (Wildman–Crippen LogP) is 3.45. The summed E-state index contributed by atoms with van der Waals surface area (Å²) in [4.78, 5) is 24.8. The summed E-state index contributed by atoms with van der Waals surface area (Å²) in [5.74, 6) is 0. The minimum atomic E-state index is 0. The maximum absolute atomic E-state index is 10.4. The quantitative estimate of drug-likeness (QED) is 0.732. The van der Waals surface area contributed by atoms with E-state index in [1.54, 1.807) is 12.1 Å². The first-order valence-corrected chi connectivity index (χ1v) is 3.91. The number of hydrogen-bond donors (Lipinski definition) is 0. The molecule has 2 aromatic rings. The first kappa shape index (κ1) is 11.2. The lowest BCUT2D eigenvalue weighted by atomic mass is 10.1. The lowest BCUT2D eigenvalue weighted by Gasteiger charge is -1.99. The summed E-state index contributed by atoms with van der Waals surface area (Å²) in [6.07, 6.45) is 1.53. The fourth-order valence-electron chi connectivity index (χ4n) is 1.30. The summed E-state index contributed by atoms with van der Waals surface area (Å²) in [5, 5.41) is 6.20. The molecular formula is C9H6ClN3O2. The van der Waals surface area contributed by atoms with Gasteiger partial charge in [0, 0.05) is 11.6 Å². The molecule has 0 aliphatic carbocycles. The molecule has 0 unspecified atom stereocenters. The fraction of sp³-hybridized carbons (Fsp3) is 0. The highest BCUT2D eigenvalue weighted by Gasteiger charge is 2.06. The minimum Gasteiger partial charge on any atom is -0.254 e. The zero-order valence-electron chi connectivity index (χ0n) is 7.45. The van der Waals surface area contributed by atoms with Crippen molar-refractivity contribution in [1.82, 2.24) is 4.98 Å². The standard InChI is InChI=1S/C9H5N3O2.ClH/c13-11-7-3-4-8(12-14)9-6(7)2-1-5-10-9;/h1-5H;1H. The molecule has 0 radical (unpaired) electrons. The van der Waals surface area contributed by atoms with Gasteiger partial charge in [0.05, 0.1) is 0 Å². The third-order valence-electron chi connectivity index (χ3n) is 1.92. The van der Waals surface area contributed by atoms with Crippen molar-refractivity contribution in [2.75, 3.05) is 0 Å². The minimum absolute atomic E-state index is 0. The van der Waals surface area contributed by atoms with Crippen LogP contribution in [0.5, 0.6) is 0 Å². The zero-order chi connectivity index (χ0) is 9.97. The van der Waals surface area contributed by atoms with Crippen molar-refractivity contribution < 1.29 is 0 Å². The highest BCUT2D eigenvalue weighted by molar-refractivity contribution is 5.96. The number of hydrogen-bond acceptors (Lipinski definition) is 5. The van der Waals surface area contributed by atoms with E-state index < -0.39 is 0 Å². The molecule has 1 aromatic heterocycles. The van der Waals surface area contributed by atoms with Crippen LogP contribution in [0.3, 0.4) is 0 Å². The lowest BCUT2D eigenvalue weighted by molar-refractivity contribution is 1.38. The van der Waals surface area contributed by atoms with Gasteiger partial charge >= 0.3 is 0 Å². The van der Waals surface area contributed by atoms with Crippen LogP contribution >= 0.6 is 12.4 Å². The summed E-state index contributed by atoms with van der Waals surface area (Å²) < 4.78 is 0. The average Bonchev–Trinajstić information content (AvgIpc) is 2.27. The van der Waals surface area contributed by atoms with Gasteiger partial charge in [-0.1, -0.05) is 0 Å². The molecule has 0 saturated carbocycles. The van der Waals surface area contributed by atoms with Gasteiger partial charge in [0.2, 0.25) is 0 Å². The van der Waals surface area contributed by atoms with Gasteiger partial charge in [-0.3, -0.25) is 4.98 Å². The van der Waals surface area contributed by atoms with Crippen LogP contribution in [0.2, 0.25) is 0 Å². The predicted molar refractivity (Wildman–Crippen MR) is 59.9 cm³/mol. The topological polar surface area (TPSA) is 71.8 Å². The van der Waals surface area contributed by atoms with Crippen molar-refractivity contribution in [3.05, 3.63) is 40.3 Å². The van der Waals surface area contributed by atoms with E-state index in [9.17, 15) is 9.81 Å². The van der Waals surface area contributed by atoms with Gasteiger partial charge in [-0.05, 0) is 34.6 Å². The van der Waals surface area contributed by atoms with E-state index in [-0.39, 0.29) is 23.8 Å². The van der Waals surface area contributed by atoms with Crippen LogP contribution in [-0.4, -0.2) is 4.98 Å². The van der Waals surface area contributed by atoms with E-state index in [1.807, 2.05) is 0 Å². The normalized spacial score (nSPS) is 9.33. The van der Waals surface area contributed by atoms with Crippen LogP contribution in [-0.2, 0) is 0 Å². The van der Waals surface area contributed by atoms with E-state index in [0.717, 1.165) is 0 Å². The molecule has 6 heteroatoms. The number of nitroso groups, excluding NO2 is 2. The fourth-order valence-corrected chi connectivity index (χ4v) is 1.30. The van der Waals surface area contributed by atoms with Crippen LogP contribution in [0.4, 0.5) is 11.4 Å². The van der Waals surface area contributed by atoms with Crippen LogP contribution in [0.1, 0.15) is 0 Å². The number of rotatable bonds is 2. The number of pyridine rings is 1. The highest BCUT2D eigenvalue weighted by Crippen LogP contribution is 2.31. The second-order valence-electron chi connectivity index (χ2n) is 2.69. The Labute approximate surface area is 90.9 Å². The molecule has 0 aliphatic heterocycles. The number of nitrogens with zero attached hydrogens (tertiary/aromatic N) is 3. The molecule has 0 amide bonds. The molecule has 0 spiro atoms. The molecule has 0 N–H and O–H groups in total. The Balaban J connectivity index is 0.00000112. The van der Waals surface area contributed by atoms with Gasteiger partial charge in [0.25, 0.3) is 0 Å². The van der Waals surface area contributed by atoms with Crippen molar-refractivity contribution in [3.8, 4) is 0 Å². The van der Waals surface area contributed by atoms with Crippen molar-refractivity contribution in [1.29, 1.82) is 0 Å². The highest BCUT2D eigenvalue weighted by atomic mass is 35.5. The Bertz CT molecular complexity index is 469. The van der Waals surface area contributed by atoms with E-state index >= 15 is 0 Å². The molecule has 0 saturated heterocycles. The molecule has 0 aliphatic rings. The number of halogens is 1. The van der Waals surface area contributed by atoms with Crippen molar-refractivity contribution >= 4 is 34.7 Å². The number of benzene rings is 1. The smallest absolute Gasteiger partial charge is 0.134 e. The van der Waals surface area contributed by atoms with E-state index in [1.165, 1.54) is 18.3 Å². The summed E-state index contributed by atoms with van der Waals surface area (Å²) in [6.45, 7) is 0. The second kappa shape index (κ2) is 4.56. The molecule has 1 aromatic carbocycles. The molecule has 0 fully saturated rings. The van der Waals surface area contributed by atoms with E-state index in [0.29, 0.717) is 10.9 Å². The van der Waals surface area contributed by atoms with Crippen LogP contribution in [0.15, 0.2) is 40.8 Å².